The van der Waals surface area contributed by atoms with Crippen molar-refractivity contribution in [3.05, 3.63) is 0 Å². The first-order chi connectivity index (χ1) is 7.86. The first kappa shape index (κ1) is 13.6. The van der Waals surface area contributed by atoms with Crippen LogP contribution in [0.15, 0.2) is 0 Å². The summed E-state index contributed by atoms with van der Waals surface area (Å²) in [7, 11) is 0. The molecule has 0 aliphatic heterocycles. The second-order valence-corrected chi connectivity index (χ2v) is 5.12. The van der Waals surface area contributed by atoms with Crippen LogP contribution >= 0.6 is 0 Å². The molecular formula is C15H27N. The summed E-state index contributed by atoms with van der Waals surface area (Å²) in [6, 6.07) is 0.664. The quantitative estimate of drug-likeness (QED) is 0.616. The van der Waals surface area contributed by atoms with Crippen LogP contribution in [0.5, 0.6) is 0 Å². The van der Waals surface area contributed by atoms with Crippen LogP contribution in [0.25, 0.3) is 0 Å². The zero-order valence-electron chi connectivity index (χ0n) is 10.8. The fourth-order valence-electron chi connectivity index (χ4n) is 2.69. The summed E-state index contributed by atoms with van der Waals surface area (Å²) in [5, 5.41) is 3.63. The Kier molecular flexibility index (Phi) is 7.34. The third-order valence-corrected chi connectivity index (χ3v) is 3.72. The fraction of sp³-hybridized carbons (Fsp3) is 0.867. The molecule has 16 heavy (non-hydrogen) atoms. The molecule has 0 spiro atoms. The highest BCUT2D eigenvalue weighted by Crippen LogP contribution is 2.29. The molecule has 1 aliphatic carbocycles. The van der Waals surface area contributed by atoms with E-state index in [4.69, 9.17) is 6.42 Å². The summed E-state index contributed by atoms with van der Waals surface area (Å²) in [5.41, 5.74) is 0. The Hall–Kier alpha value is -0.480. The summed E-state index contributed by atoms with van der Waals surface area (Å²) in [6.45, 7) is 3.36. The molecule has 1 aliphatic rings. The topological polar surface area (TPSA) is 12.0 Å². The predicted octanol–water partition coefficient (Wildman–Crippen LogP) is 3.74. The minimum Gasteiger partial charge on any atom is -0.314 e. The Morgan fingerprint density at radius 1 is 1.31 bits per heavy atom. The molecule has 1 nitrogen and oxygen atoms in total. The van der Waals surface area contributed by atoms with Gasteiger partial charge in [-0.1, -0.05) is 32.6 Å². The maximum absolute atomic E-state index is 5.35. The number of rotatable bonds is 8. The molecule has 0 saturated heterocycles. The summed E-state index contributed by atoms with van der Waals surface area (Å²) in [6.07, 6.45) is 17.2. The van der Waals surface area contributed by atoms with E-state index in [1.807, 2.05) is 0 Å². The third-order valence-electron chi connectivity index (χ3n) is 3.72. The van der Waals surface area contributed by atoms with Crippen LogP contribution in [-0.2, 0) is 0 Å². The van der Waals surface area contributed by atoms with E-state index in [1.54, 1.807) is 0 Å². The van der Waals surface area contributed by atoms with E-state index in [0.29, 0.717) is 6.04 Å². The molecule has 1 heteroatoms. The van der Waals surface area contributed by atoms with Crippen LogP contribution in [0.2, 0.25) is 0 Å². The Balaban J connectivity index is 2.16. The van der Waals surface area contributed by atoms with Crippen LogP contribution in [0.3, 0.4) is 0 Å². The standard InChI is InChI=1S/C15H27N/c1-3-5-10-15(16-13-4-2)12-11-14-8-6-7-9-14/h1,14-16H,4-13H2,2H3. The molecule has 1 fully saturated rings. The molecule has 0 radical (unpaired) electrons. The van der Waals surface area contributed by atoms with E-state index in [9.17, 15) is 0 Å². The van der Waals surface area contributed by atoms with Gasteiger partial charge in [-0.05, 0) is 38.1 Å². The summed E-state index contributed by atoms with van der Waals surface area (Å²) < 4.78 is 0. The molecule has 0 aromatic rings. The summed E-state index contributed by atoms with van der Waals surface area (Å²) in [4.78, 5) is 0. The molecular weight excluding hydrogens is 194 g/mol. The van der Waals surface area contributed by atoms with Crippen LogP contribution in [0, 0.1) is 18.3 Å². The van der Waals surface area contributed by atoms with E-state index in [2.05, 4.69) is 18.2 Å². The lowest BCUT2D eigenvalue weighted by molar-refractivity contribution is 0.392. The van der Waals surface area contributed by atoms with Gasteiger partial charge in [0.25, 0.3) is 0 Å². The Bertz CT molecular complexity index is 198. The van der Waals surface area contributed by atoms with E-state index >= 15 is 0 Å². The highest BCUT2D eigenvalue weighted by Gasteiger charge is 2.16. The van der Waals surface area contributed by atoms with Crippen molar-refractivity contribution in [3.8, 4) is 12.3 Å². The summed E-state index contributed by atoms with van der Waals surface area (Å²) in [5.74, 6) is 3.77. The molecule has 1 unspecified atom stereocenters. The summed E-state index contributed by atoms with van der Waals surface area (Å²) >= 11 is 0. The van der Waals surface area contributed by atoms with Crippen LogP contribution < -0.4 is 5.32 Å². The Morgan fingerprint density at radius 2 is 2.06 bits per heavy atom. The zero-order valence-corrected chi connectivity index (χ0v) is 10.8. The first-order valence-corrected chi connectivity index (χ1v) is 7.03. The van der Waals surface area contributed by atoms with Gasteiger partial charge in [0.1, 0.15) is 0 Å². The molecule has 92 valence electrons. The van der Waals surface area contributed by atoms with E-state index < -0.39 is 0 Å². The average molecular weight is 221 g/mol. The molecule has 1 N–H and O–H groups in total. The second-order valence-electron chi connectivity index (χ2n) is 5.12. The fourth-order valence-corrected chi connectivity index (χ4v) is 2.69. The van der Waals surface area contributed by atoms with Gasteiger partial charge < -0.3 is 5.32 Å². The van der Waals surface area contributed by atoms with Gasteiger partial charge in [-0.2, -0.15) is 0 Å². The van der Waals surface area contributed by atoms with Crippen molar-refractivity contribution in [2.75, 3.05) is 6.54 Å². The zero-order chi connectivity index (χ0) is 11.6. The van der Waals surface area contributed by atoms with Crippen molar-refractivity contribution in [3.63, 3.8) is 0 Å². The van der Waals surface area contributed by atoms with Crippen molar-refractivity contribution in [1.82, 2.24) is 5.32 Å². The average Bonchev–Trinajstić information content (AvgIpc) is 2.81. The van der Waals surface area contributed by atoms with Crippen LogP contribution in [0.1, 0.15) is 64.7 Å². The van der Waals surface area contributed by atoms with Crippen molar-refractivity contribution in [1.29, 1.82) is 0 Å². The largest absolute Gasteiger partial charge is 0.314 e. The lowest BCUT2D eigenvalue weighted by atomic mass is 9.96. The normalized spacial score (nSPS) is 18.5. The maximum Gasteiger partial charge on any atom is 0.0101 e. The SMILES string of the molecule is C#CCCC(CCC1CCCC1)NCCC. The van der Waals surface area contributed by atoms with Gasteiger partial charge in [0.05, 0.1) is 0 Å². The predicted molar refractivity (Wildman–Crippen MR) is 71.3 cm³/mol. The van der Waals surface area contributed by atoms with Gasteiger partial charge in [-0.15, -0.1) is 12.3 Å². The van der Waals surface area contributed by atoms with Gasteiger partial charge in [-0.25, -0.2) is 0 Å². The van der Waals surface area contributed by atoms with Crippen molar-refractivity contribution < 1.29 is 0 Å². The lowest BCUT2D eigenvalue weighted by Gasteiger charge is -2.19. The monoisotopic (exact) mass is 221 g/mol. The van der Waals surface area contributed by atoms with E-state index in [0.717, 1.165) is 25.3 Å². The molecule has 0 heterocycles. The van der Waals surface area contributed by atoms with Gasteiger partial charge >= 0.3 is 0 Å². The lowest BCUT2D eigenvalue weighted by Crippen LogP contribution is -2.30. The Labute approximate surface area is 101 Å². The second kappa shape index (κ2) is 8.65. The molecule has 0 bridgehead atoms. The van der Waals surface area contributed by atoms with Gasteiger partial charge in [0.2, 0.25) is 0 Å². The molecule has 0 amide bonds. The maximum atomic E-state index is 5.35. The van der Waals surface area contributed by atoms with Crippen molar-refractivity contribution >= 4 is 0 Å². The van der Waals surface area contributed by atoms with Gasteiger partial charge in [0, 0.05) is 12.5 Å². The van der Waals surface area contributed by atoms with Gasteiger partial charge in [0.15, 0.2) is 0 Å². The highest BCUT2D eigenvalue weighted by molar-refractivity contribution is 4.86. The van der Waals surface area contributed by atoms with Crippen molar-refractivity contribution in [2.45, 2.75) is 70.8 Å². The number of hydrogen-bond acceptors (Lipinski definition) is 1. The number of hydrogen-bond donors (Lipinski definition) is 1. The molecule has 1 atom stereocenters. The Morgan fingerprint density at radius 3 is 2.69 bits per heavy atom. The van der Waals surface area contributed by atoms with Crippen LogP contribution in [0.4, 0.5) is 0 Å². The molecule has 0 aromatic carbocycles. The van der Waals surface area contributed by atoms with Crippen LogP contribution in [-0.4, -0.2) is 12.6 Å². The first-order valence-electron chi connectivity index (χ1n) is 7.03. The highest BCUT2D eigenvalue weighted by atomic mass is 14.9. The molecule has 1 rings (SSSR count). The number of terminal acetylenes is 1. The minimum atomic E-state index is 0.664. The third kappa shape index (κ3) is 5.56. The number of nitrogens with one attached hydrogen (secondary N) is 1. The van der Waals surface area contributed by atoms with E-state index in [1.165, 1.54) is 44.9 Å². The molecule has 0 aromatic heterocycles. The minimum absolute atomic E-state index is 0.664. The van der Waals surface area contributed by atoms with Crippen molar-refractivity contribution in [2.24, 2.45) is 5.92 Å². The van der Waals surface area contributed by atoms with Gasteiger partial charge in [-0.3, -0.25) is 0 Å². The molecule has 1 saturated carbocycles. The van der Waals surface area contributed by atoms with E-state index in [-0.39, 0.29) is 0 Å². The smallest absolute Gasteiger partial charge is 0.0101 e.